The lowest BCUT2D eigenvalue weighted by Crippen LogP contribution is -2.06. The molecule has 1 aromatic heterocycles. The molecule has 0 radical (unpaired) electrons. The summed E-state index contributed by atoms with van der Waals surface area (Å²) in [6, 6.07) is 7.98. The van der Waals surface area contributed by atoms with Gasteiger partial charge in [-0.15, -0.1) is 0 Å². The van der Waals surface area contributed by atoms with Gasteiger partial charge in [0.1, 0.15) is 17.1 Å². The zero-order valence-corrected chi connectivity index (χ0v) is 8.79. The Morgan fingerprint density at radius 2 is 1.88 bits per heavy atom. The molecule has 5 nitrogen and oxygen atoms in total. The van der Waals surface area contributed by atoms with Gasteiger partial charge in [-0.1, -0.05) is 18.2 Å². The Hall–Kier alpha value is -2.56. The fraction of sp³-hybridized carbons (Fsp3) is 0. The molecule has 0 aliphatic rings. The van der Waals surface area contributed by atoms with E-state index in [4.69, 9.17) is 10.8 Å². The van der Waals surface area contributed by atoms with E-state index in [9.17, 15) is 9.90 Å². The highest BCUT2D eigenvalue weighted by atomic mass is 16.4. The fourth-order valence-electron chi connectivity index (χ4n) is 1.63. The molecule has 2 aromatic rings. The number of aromatic hydroxyl groups is 1. The number of aromatic carboxylic acids is 1. The van der Waals surface area contributed by atoms with E-state index < -0.39 is 5.97 Å². The van der Waals surface area contributed by atoms with Crippen LogP contribution in [-0.2, 0) is 0 Å². The minimum Gasteiger partial charge on any atom is -0.507 e. The molecule has 0 aliphatic carbocycles. The van der Waals surface area contributed by atoms with Crippen molar-refractivity contribution in [1.29, 1.82) is 0 Å². The molecule has 2 rings (SSSR count). The van der Waals surface area contributed by atoms with E-state index in [0.717, 1.165) is 0 Å². The first-order chi connectivity index (χ1) is 8.11. The van der Waals surface area contributed by atoms with Crippen molar-refractivity contribution in [3.05, 3.63) is 42.1 Å². The number of phenolic OH excluding ortho intramolecular Hbond substituents is 1. The number of rotatable bonds is 2. The predicted molar refractivity (Wildman–Crippen MR) is 62.7 cm³/mol. The molecule has 0 aliphatic heterocycles. The topological polar surface area (TPSA) is 96.4 Å². The van der Waals surface area contributed by atoms with Gasteiger partial charge in [0.05, 0.1) is 0 Å². The maximum atomic E-state index is 11.1. The summed E-state index contributed by atoms with van der Waals surface area (Å²) < 4.78 is 0. The van der Waals surface area contributed by atoms with Gasteiger partial charge in [0.15, 0.2) is 0 Å². The molecule has 86 valence electrons. The summed E-state index contributed by atoms with van der Waals surface area (Å²) in [7, 11) is 0. The van der Waals surface area contributed by atoms with Gasteiger partial charge in [0, 0.05) is 17.3 Å². The summed E-state index contributed by atoms with van der Waals surface area (Å²) in [6.07, 6.45) is 1.41. The number of carbonyl (C=O) groups is 1. The highest BCUT2D eigenvalue weighted by Crippen LogP contribution is 2.32. The molecular weight excluding hydrogens is 220 g/mol. The molecule has 0 unspecified atom stereocenters. The van der Waals surface area contributed by atoms with Crippen LogP contribution in [0, 0.1) is 0 Å². The zero-order chi connectivity index (χ0) is 12.4. The maximum absolute atomic E-state index is 11.1. The first-order valence-corrected chi connectivity index (χ1v) is 4.87. The number of pyridine rings is 1. The number of carboxylic acids is 1. The van der Waals surface area contributed by atoms with Crippen LogP contribution in [0.15, 0.2) is 36.5 Å². The Bertz CT molecular complexity index is 582. The summed E-state index contributed by atoms with van der Waals surface area (Å²) in [5, 5.41) is 18.8. The van der Waals surface area contributed by atoms with E-state index in [1.807, 2.05) is 0 Å². The number of anilines is 1. The first kappa shape index (κ1) is 10.9. The van der Waals surface area contributed by atoms with Crippen molar-refractivity contribution in [3.63, 3.8) is 0 Å². The maximum Gasteiger partial charge on any atom is 0.340 e. The molecular formula is C12H10N2O3. The third-order valence-corrected chi connectivity index (χ3v) is 2.39. The van der Waals surface area contributed by atoms with Crippen molar-refractivity contribution >= 4 is 11.8 Å². The van der Waals surface area contributed by atoms with Crippen molar-refractivity contribution < 1.29 is 15.0 Å². The Labute approximate surface area is 97.2 Å². The van der Waals surface area contributed by atoms with Crippen molar-refractivity contribution in [2.75, 3.05) is 5.73 Å². The number of para-hydroxylation sites is 1. The molecule has 17 heavy (non-hydrogen) atoms. The molecule has 0 saturated heterocycles. The van der Waals surface area contributed by atoms with Crippen molar-refractivity contribution in [3.8, 4) is 16.9 Å². The van der Waals surface area contributed by atoms with Gasteiger partial charge >= 0.3 is 5.97 Å². The quantitative estimate of drug-likeness (QED) is 0.730. The lowest BCUT2D eigenvalue weighted by atomic mass is 10.00. The van der Waals surface area contributed by atoms with Crippen LogP contribution in [-0.4, -0.2) is 21.2 Å². The molecule has 0 amide bonds. The number of carboxylic acid groups (broad SMARTS) is 1. The number of nitrogens with zero attached hydrogens (tertiary/aromatic N) is 1. The summed E-state index contributed by atoms with van der Waals surface area (Å²) in [5.41, 5.74) is 6.20. The summed E-state index contributed by atoms with van der Waals surface area (Å²) >= 11 is 0. The van der Waals surface area contributed by atoms with Crippen LogP contribution in [0.25, 0.3) is 11.1 Å². The van der Waals surface area contributed by atoms with Gasteiger partial charge < -0.3 is 15.9 Å². The monoisotopic (exact) mass is 230 g/mol. The molecule has 0 atom stereocenters. The van der Waals surface area contributed by atoms with Gasteiger partial charge in [-0.3, -0.25) is 0 Å². The molecule has 0 fully saturated rings. The van der Waals surface area contributed by atoms with Gasteiger partial charge in [0.25, 0.3) is 0 Å². The van der Waals surface area contributed by atoms with E-state index in [2.05, 4.69) is 4.98 Å². The summed E-state index contributed by atoms with van der Waals surface area (Å²) in [5.74, 6) is -1.24. The highest BCUT2D eigenvalue weighted by Gasteiger charge is 2.17. The second-order valence-corrected chi connectivity index (χ2v) is 3.44. The van der Waals surface area contributed by atoms with Crippen LogP contribution in [0.2, 0.25) is 0 Å². The van der Waals surface area contributed by atoms with Crippen LogP contribution in [0.3, 0.4) is 0 Å². The molecule has 1 heterocycles. The lowest BCUT2D eigenvalue weighted by Gasteiger charge is -2.09. The average Bonchev–Trinajstić information content (AvgIpc) is 2.28. The van der Waals surface area contributed by atoms with E-state index in [1.165, 1.54) is 18.3 Å². The van der Waals surface area contributed by atoms with Gasteiger partial charge in [-0.05, 0) is 12.1 Å². The third-order valence-electron chi connectivity index (χ3n) is 2.39. The van der Waals surface area contributed by atoms with Crippen LogP contribution in [0.1, 0.15) is 10.4 Å². The number of nitrogen functional groups attached to an aromatic ring is 1. The Morgan fingerprint density at radius 3 is 2.53 bits per heavy atom. The minimum absolute atomic E-state index is 0.000556. The van der Waals surface area contributed by atoms with Crippen molar-refractivity contribution in [2.45, 2.75) is 0 Å². The van der Waals surface area contributed by atoms with Crippen LogP contribution < -0.4 is 5.73 Å². The molecule has 4 N–H and O–H groups in total. The largest absolute Gasteiger partial charge is 0.507 e. The number of aromatic nitrogens is 1. The van der Waals surface area contributed by atoms with E-state index in [1.54, 1.807) is 18.2 Å². The standard InChI is InChI=1S/C12H10N2O3/c13-11-10(12(16)17)8(5-6-14-11)7-3-1-2-4-9(7)15/h1-6,15H,(H2,13,14)(H,16,17). The van der Waals surface area contributed by atoms with Gasteiger partial charge in [-0.25, -0.2) is 9.78 Å². The predicted octanol–water partition coefficient (Wildman–Crippen LogP) is 1.73. The molecule has 0 spiro atoms. The Balaban J connectivity index is 2.72. The normalized spacial score (nSPS) is 10.1. The van der Waals surface area contributed by atoms with Crippen LogP contribution in [0.4, 0.5) is 5.82 Å². The third kappa shape index (κ3) is 1.90. The summed E-state index contributed by atoms with van der Waals surface area (Å²) in [4.78, 5) is 14.9. The molecule has 1 aromatic carbocycles. The second kappa shape index (κ2) is 4.13. The van der Waals surface area contributed by atoms with Crippen LogP contribution >= 0.6 is 0 Å². The van der Waals surface area contributed by atoms with Crippen molar-refractivity contribution in [1.82, 2.24) is 4.98 Å². The first-order valence-electron chi connectivity index (χ1n) is 4.87. The van der Waals surface area contributed by atoms with Crippen LogP contribution in [0.5, 0.6) is 5.75 Å². The second-order valence-electron chi connectivity index (χ2n) is 3.44. The number of phenols is 1. The Kier molecular flexibility index (Phi) is 2.66. The summed E-state index contributed by atoms with van der Waals surface area (Å²) in [6.45, 7) is 0. The SMILES string of the molecule is Nc1nccc(-c2ccccc2O)c1C(=O)O. The fourth-order valence-corrected chi connectivity index (χ4v) is 1.63. The highest BCUT2D eigenvalue weighted by molar-refractivity contribution is 6.01. The average molecular weight is 230 g/mol. The number of hydrogen-bond donors (Lipinski definition) is 3. The van der Waals surface area contributed by atoms with E-state index in [-0.39, 0.29) is 17.1 Å². The van der Waals surface area contributed by atoms with E-state index >= 15 is 0 Å². The number of hydrogen-bond acceptors (Lipinski definition) is 4. The van der Waals surface area contributed by atoms with Gasteiger partial charge in [0.2, 0.25) is 0 Å². The van der Waals surface area contributed by atoms with Gasteiger partial charge in [-0.2, -0.15) is 0 Å². The molecule has 0 saturated carbocycles. The zero-order valence-electron chi connectivity index (χ0n) is 8.79. The number of nitrogens with two attached hydrogens (primary N) is 1. The van der Waals surface area contributed by atoms with E-state index in [0.29, 0.717) is 11.1 Å². The Morgan fingerprint density at radius 1 is 1.18 bits per heavy atom. The lowest BCUT2D eigenvalue weighted by molar-refractivity contribution is 0.0698. The molecule has 5 heteroatoms. The molecule has 0 bridgehead atoms. The smallest absolute Gasteiger partial charge is 0.340 e. The van der Waals surface area contributed by atoms with Crippen molar-refractivity contribution in [2.24, 2.45) is 0 Å². The number of benzene rings is 1. The minimum atomic E-state index is -1.17.